The maximum atomic E-state index is 8.63. The quantitative estimate of drug-likeness (QED) is 0.460. The van der Waals surface area contributed by atoms with Gasteiger partial charge in [-0.3, -0.25) is 0 Å². The molecule has 0 saturated carbocycles. The molecule has 0 N–H and O–H groups in total. The molecule has 0 aliphatic rings. The van der Waals surface area contributed by atoms with Gasteiger partial charge in [0.2, 0.25) is 0 Å². The molecule has 17 heavy (non-hydrogen) atoms. The van der Waals surface area contributed by atoms with Gasteiger partial charge < -0.3 is 1.43 Å². The van der Waals surface area contributed by atoms with E-state index in [1.165, 1.54) is 24.3 Å². The first kappa shape index (κ1) is 15.6. The van der Waals surface area contributed by atoms with Gasteiger partial charge in [0, 0.05) is 10.4 Å². The molecule has 4 nitrogen and oxygen atoms in total. The van der Waals surface area contributed by atoms with E-state index in [0.29, 0.717) is 10.4 Å². The Labute approximate surface area is 142 Å². The molecule has 0 aromatic heterocycles. The molecule has 0 aliphatic carbocycles. The van der Waals surface area contributed by atoms with E-state index >= 15 is 0 Å². The number of nitriles is 4. The second-order valence-electron chi connectivity index (χ2n) is 2.77. The first-order valence-electron chi connectivity index (χ1n) is 4.22. The molecule has 0 atom stereocenters. The summed E-state index contributed by atoms with van der Waals surface area (Å²) in [5.74, 6) is 0. The van der Waals surface area contributed by atoms with Gasteiger partial charge >= 0.3 is 51.4 Å². The normalized spacial score (nSPS) is 7.29. The van der Waals surface area contributed by atoms with Crippen LogP contribution in [0.3, 0.4) is 0 Å². The molecule has 0 fully saturated rings. The van der Waals surface area contributed by atoms with E-state index in [-0.39, 0.29) is 64.0 Å². The van der Waals surface area contributed by atoms with E-state index in [4.69, 9.17) is 21.0 Å². The van der Waals surface area contributed by atoms with Crippen LogP contribution >= 0.6 is 0 Å². The number of hydrogen-bond acceptors (Lipinski definition) is 4. The van der Waals surface area contributed by atoms with Crippen LogP contribution in [0.15, 0.2) is 24.3 Å². The van der Waals surface area contributed by atoms with Crippen molar-refractivity contribution in [2.75, 3.05) is 0 Å². The Kier molecular flexibility index (Phi) is 7.11. The van der Waals surface area contributed by atoms with Crippen LogP contribution in [0.4, 0.5) is 0 Å². The summed E-state index contributed by atoms with van der Waals surface area (Å²) >= 11 is 0. The largest absolute Gasteiger partial charge is 1.00 e. The predicted octanol–water partition coefficient (Wildman–Crippen LogP) is -2.80. The molecule has 0 aliphatic heterocycles. The summed E-state index contributed by atoms with van der Waals surface area (Å²) in [5.41, 5.74) is 0.00373. The Balaban J connectivity index is 0. The minimum absolute atomic E-state index is 0. The molecule has 0 bridgehead atoms. The maximum Gasteiger partial charge on any atom is 1.00 e. The minimum Gasteiger partial charge on any atom is -1.00 e. The van der Waals surface area contributed by atoms with Crippen molar-refractivity contribution >= 4 is 11.1 Å². The van der Waals surface area contributed by atoms with Crippen molar-refractivity contribution in [3.05, 3.63) is 34.7 Å². The van der Waals surface area contributed by atoms with E-state index in [2.05, 4.69) is 0 Å². The van der Waals surface area contributed by atoms with Gasteiger partial charge in [-0.1, -0.05) is 24.3 Å². The van der Waals surface area contributed by atoms with Gasteiger partial charge in [-0.2, -0.15) is 21.0 Å². The van der Waals surface area contributed by atoms with Gasteiger partial charge in [0.25, 0.3) is 0 Å². The van der Waals surface area contributed by atoms with Crippen molar-refractivity contribution in [2.45, 2.75) is 0 Å². The van der Waals surface area contributed by atoms with E-state index < -0.39 is 0 Å². The fourth-order valence-corrected chi connectivity index (χ4v) is 1.11. The van der Waals surface area contributed by atoms with Crippen molar-refractivity contribution < 1.29 is 52.8 Å². The number of benzene rings is 1. The molecule has 1 aromatic rings. The molecule has 0 heterocycles. The zero-order chi connectivity index (χ0) is 12.0. The van der Waals surface area contributed by atoms with Crippen molar-refractivity contribution in [3.8, 4) is 24.3 Å². The summed E-state index contributed by atoms with van der Waals surface area (Å²) in [4.78, 5) is 0. The Morgan fingerprint density at radius 2 is 0.941 bits per heavy atom. The van der Waals surface area contributed by atoms with Gasteiger partial charge in [-0.05, 0) is 0 Å². The summed E-state index contributed by atoms with van der Waals surface area (Å²) in [5, 5.41) is 35.5. The number of nitrogens with zero attached hydrogens (tertiary/aromatic N) is 4. The monoisotopic (exact) mass is 244 g/mol. The van der Waals surface area contributed by atoms with Gasteiger partial charge in [-0.15, -0.1) is 0 Å². The van der Waals surface area contributed by atoms with Crippen LogP contribution in [0.1, 0.15) is 1.43 Å². The van der Waals surface area contributed by atoms with Gasteiger partial charge in [0.15, 0.2) is 0 Å². The predicted molar refractivity (Wildman–Crippen MR) is 56.1 cm³/mol. The van der Waals surface area contributed by atoms with E-state index in [9.17, 15) is 0 Å². The molecule has 0 saturated heterocycles. The number of hydrogen-bond donors (Lipinski definition) is 0. The topological polar surface area (TPSA) is 95.2 Å². The average molecular weight is 244 g/mol. The second-order valence-corrected chi connectivity index (χ2v) is 2.77. The zero-order valence-electron chi connectivity index (χ0n) is 10.1. The Morgan fingerprint density at radius 1 is 0.706 bits per heavy atom. The third-order valence-corrected chi connectivity index (χ3v) is 1.91. The molecule has 1 aromatic carbocycles. The standard InChI is InChI=1S/C12H4N4.K.H/c13-5-11(6-14)9-1-2-10(4-3-9)12(7-15)8-16;;/h1-4H;;/q;+1;-1. The fraction of sp³-hybridized carbons (Fsp3) is 0. The Hall–Kier alpha value is -1.44. The summed E-state index contributed by atoms with van der Waals surface area (Å²) in [6, 6.07) is 13.2. The van der Waals surface area contributed by atoms with Crippen molar-refractivity contribution in [3.63, 3.8) is 0 Å². The van der Waals surface area contributed by atoms with Gasteiger partial charge in [0.1, 0.15) is 35.4 Å². The molecule has 0 unspecified atom stereocenters. The molecule has 1 rings (SSSR count). The molecule has 0 spiro atoms. The summed E-state index contributed by atoms with van der Waals surface area (Å²) in [7, 11) is 0. The van der Waals surface area contributed by atoms with Gasteiger partial charge in [0.05, 0.1) is 0 Å². The van der Waals surface area contributed by atoms with E-state index in [1.54, 1.807) is 24.3 Å². The molecule has 0 radical (unpaired) electrons. The molecule has 0 amide bonds. The smallest absolute Gasteiger partial charge is 1.00 e. The van der Waals surface area contributed by atoms with Crippen LogP contribution in [-0.4, -0.2) is 0 Å². The van der Waals surface area contributed by atoms with E-state index in [1.807, 2.05) is 0 Å². The molecule has 74 valence electrons. The van der Waals surface area contributed by atoms with Crippen molar-refractivity contribution in [2.24, 2.45) is 0 Å². The Morgan fingerprint density at radius 3 is 1.12 bits per heavy atom. The van der Waals surface area contributed by atoms with Crippen molar-refractivity contribution in [1.82, 2.24) is 0 Å². The first-order chi connectivity index (χ1) is 7.76. The zero-order valence-corrected chi connectivity index (χ0v) is 12.2. The van der Waals surface area contributed by atoms with Crippen LogP contribution in [0.5, 0.6) is 0 Å². The van der Waals surface area contributed by atoms with Gasteiger partial charge in [-0.25, -0.2) is 0 Å². The van der Waals surface area contributed by atoms with Crippen LogP contribution in [0.2, 0.25) is 0 Å². The van der Waals surface area contributed by atoms with Crippen LogP contribution in [0.25, 0.3) is 11.1 Å². The first-order valence-corrected chi connectivity index (χ1v) is 4.22. The molecular weight excluding hydrogens is 239 g/mol. The minimum atomic E-state index is 0. The number of rotatable bonds is 0. The summed E-state index contributed by atoms with van der Waals surface area (Å²) in [6.07, 6.45) is 0. The Bertz CT molecular complexity index is 592. The molecule has 5 heteroatoms. The molecular formula is C12H5KN4. The summed E-state index contributed by atoms with van der Waals surface area (Å²) in [6.45, 7) is 0. The average Bonchev–Trinajstić information content (AvgIpc) is 2.34. The second kappa shape index (κ2) is 7.77. The maximum absolute atomic E-state index is 8.63. The van der Waals surface area contributed by atoms with Crippen LogP contribution < -0.4 is 61.8 Å². The summed E-state index contributed by atoms with van der Waals surface area (Å²) < 4.78 is 0. The van der Waals surface area contributed by atoms with Crippen molar-refractivity contribution in [1.29, 1.82) is 21.0 Å². The van der Waals surface area contributed by atoms with Crippen LogP contribution in [-0.2, 0) is 0 Å². The van der Waals surface area contributed by atoms with E-state index in [0.717, 1.165) is 0 Å². The SMILES string of the molecule is N#CC(C#N)=c1ccc(=C(C#N)C#N)cc1.[H-].[K+]. The fourth-order valence-electron chi connectivity index (χ4n) is 1.11. The third-order valence-electron chi connectivity index (χ3n) is 1.91. The third kappa shape index (κ3) is 3.81. The van der Waals surface area contributed by atoms with Crippen LogP contribution in [0, 0.1) is 45.3 Å².